The summed E-state index contributed by atoms with van der Waals surface area (Å²) in [4.78, 5) is 2.43. The Labute approximate surface area is 58.8 Å². The highest BCUT2D eigenvalue weighted by molar-refractivity contribution is 6.12. The van der Waals surface area contributed by atoms with E-state index in [0.717, 1.165) is 11.7 Å². The maximum atomic E-state index is 2.43. The molecule has 0 saturated carbocycles. The van der Waals surface area contributed by atoms with Crippen LogP contribution >= 0.6 is 0 Å². The number of nitrogens with zero attached hydrogens (tertiary/aromatic N) is 1. The molecule has 0 N–H and O–H groups in total. The Morgan fingerprint density at radius 1 is 1.56 bits per heavy atom. The molecule has 0 aromatic heterocycles. The summed E-state index contributed by atoms with van der Waals surface area (Å²) in [7, 11) is 4.57. The first kappa shape index (κ1) is 7.14. The van der Waals surface area contributed by atoms with Crippen molar-refractivity contribution in [2.75, 3.05) is 20.1 Å². The maximum absolute atomic E-state index is 2.43. The Morgan fingerprint density at radius 2 is 2.22 bits per heavy atom. The average Bonchev–Trinajstić information content (AvgIpc) is 2.10. The molecule has 1 nitrogen and oxygen atoms in total. The molecule has 1 aliphatic rings. The van der Waals surface area contributed by atoms with Crippen LogP contribution in [0.15, 0.2) is 0 Å². The van der Waals surface area contributed by atoms with Gasteiger partial charge in [0.2, 0.25) is 0 Å². The number of rotatable bonds is 1. The zero-order valence-corrected chi connectivity index (χ0v) is 6.72. The van der Waals surface area contributed by atoms with Crippen LogP contribution in [0.25, 0.3) is 0 Å². The normalized spacial score (nSPS) is 37.6. The predicted molar refractivity (Wildman–Crippen MR) is 43.6 cm³/mol. The van der Waals surface area contributed by atoms with Crippen LogP contribution in [-0.2, 0) is 0 Å². The van der Waals surface area contributed by atoms with Crippen LogP contribution in [0.2, 0.25) is 5.82 Å². The molecule has 0 amide bonds. The highest BCUT2D eigenvalue weighted by Gasteiger charge is 2.24. The second kappa shape index (κ2) is 2.74. The van der Waals surface area contributed by atoms with Gasteiger partial charge in [0.15, 0.2) is 0 Å². The molecule has 1 saturated heterocycles. The Kier molecular flexibility index (Phi) is 2.17. The summed E-state index contributed by atoms with van der Waals surface area (Å²) in [6, 6.07) is 0. The van der Waals surface area contributed by atoms with Gasteiger partial charge in [-0.05, 0) is 19.5 Å². The highest BCUT2D eigenvalue weighted by atomic mass is 15.1. The van der Waals surface area contributed by atoms with Crippen LogP contribution in [0.5, 0.6) is 0 Å². The minimum Gasteiger partial charge on any atom is -0.307 e. The number of hydrogen-bond acceptors (Lipinski definition) is 1. The van der Waals surface area contributed by atoms with E-state index >= 15 is 0 Å². The van der Waals surface area contributed by atoms with Crippen LogP contribution in [0, 0.1) is 5.92 Å². The third-order valence-electron chi connectivity index (χ3n) is 2.47. The van der Waals surface area contributed by atoms with Gasteiger partial charge in [0.05, 0.1) is 0 Å². The van der Waals surface area contributed by atoms with Gasteiger partial charge in [-0.15, -0.1) is 0 Å². The molecule has 0 aliphatic carbocycles. The molecule has 0 aromatic carbocycles. The van der Waals surface area contributed by atoms with Gasteiger partial charge in [0.25, 0.3) is 0 Å². The fraction of sp³-hybridized carbons (Fsp3) is 1.00. The van der Waals surface area contributed by atoms with Crippen LogP contribution in [0.4, 0.5) is 0 Å². The van der Waals surface area contributed by atoms with Gasteiger partial charge < -0.3 is 4.90 Å². The molecule has 2 unspecified atom stereocenters. The van der Waals surface area contributed by atoms with Crippen LogP contribution in [0.1, 0.15) is 13.3 Å². The van der Waals surface area contributed by atoms with Crippen molar-refractivity contribution in [3.8, 4) is 0 Å². The van der Waals surface area contributed by atoms with Crippen molar-refractivity contribution in [2.45, 2.75) is 19.2 Å². The Hall–Kier alpha value is 0.0249. The molecular formula is C7H16BN. The summed E-state index contributed by atoms with van der Waals surface area (Å²) in [5, 5.41) is 0. The first-order valence-electron chi connectivity index (χ1n) is 3.92. The van der Waals surface area contributed by atoms with Crippen molar-refractivity contribution in [2.24, 2.45) is 5.92 Å². The molecule has 1 heterocycles. The summed E-state index contributed by atoms with van der Waals surface area (Å²) in [6.45, 7) is 4.91. The molecule has 0 aromatic rings. The summed E-state index contributed by atoms with van der Waals surface area (Å²) in [6.07, 6.45) is 1.35. The molecule has 0 radical (unpaired) electrons. The summed E-state index contributed by atoms with van der Waals surface area (Å²) in [5.74, 6) is 1.90. The molecule has 2 atom stereocenters. The van der Waals surface area contributed by atoms with E-state index in [1.807, 2.05) is 0 Å². The van der Waals surface area contributed by atoms with Crippen molar-refractivity contribution in [3.05, 3.63) is 0 Å². The lowest BCUT2D eigenvalue weighted by Crippen LogP contribution is -2.13. The lowest BCUT2D eigenvalue weighted by Gasteiger charge is -2.09. The number of hydrogen-bond donors (Lipinski definition) is 0. The molecule has 1 aliphatic heterocycles. The second-order valence-corrected chi connectivity index (χ2v) is 3.37. The summed E-state index contributed by atoms with van der Waals surface area (Å²) in [5.41, 5.74) is 0. The molecule has 0 bridgehead atoms. The Bertz CT molecular complexity index is 94.9. The molecule has 1 fully saturated rings. The minimum atomic E-state index is 0.931. The van der Waals surface area contributed by atoms with Crippen LogP contribution in [-0.4, -0.2) is 32.9 Å². The molecule has 52 valence electrons. The van der Waals surface area contributed by atoms with Crippen LogP contribution in [0.3, 0.4) is 0 Å². The van der Waals surface area contributed by atoms with Crippen molar-refractivity contribution >= 4 is 7.85 Å². The van der Waals surface area contributed by atoms with E-state index in [1.165, 1.54) is 19.5 Å². The van der Waals surface area contributed by atoms with E-state index in [-0.39, 0.29) is 0 Å². The highest BCUT2D eigenvalue weighted by Crippen LogP contribution is 2.26. The van der Waals surface area contributed by atoms with Gasteiger partial charge in [-0.1, -0.05) is 19.2 Å². The van der Waals surface area contributed by atoms with Gasteiger partial charge >= 0.3 is 0 Å². The third kappa shape index (κ3) is 1.48. The lowest BCUT2D eigenvalue weighted by atomic mass is 9.78. The van der Waals surface area contributed by atoms with E-state index in [9.17, 15) is 0 Å². The maximum Gasteiger partial charge on any atom is 0.107 e. The van der Waals surface area contributed by atoms with Crippen LogP contribution < -0.4 is 0 Å². The second-order valence-electron chi connectivity index (χ2n) is 3.37. The fourth-order valence-electron chi connectivity index (χ4n) is 1.83. The predicted octanol–water partition coefficient (Wildman–Crippen LogP) is 0.380. The van der Waals surface area contributed by atoms with Crippen molar-refractivity contribution in [1.29, 1.82) is 0 Å². The van der Waals surface area contributed by atoms with E-state index < -0.39 is 0 Å². The van der Waals surface area contributed by atoms with E-state index in [1.54, 1.807) is 0 Å². The molecule has 9 heavy (non-hydrogen) atoms. The number of likely N-dealkylation sites (tertiary alicyclic amines) is 1. The van der Waals surface area contributed by atoms with E-state index in [4.69, 9.17) is 0 Å². The standard InChI is InChI=1S/C7H16BN/c1-3-6-4-9(2)5-7(6)8/h6-7H,3-5,8H2,1-2H3. The van der Waals surface area contributed by atoms with Crippen molar-refractivity contribution in [1.82, 2.24) is 4.90 Å². The fourth-order valence-corrected chi connectivity index (χ4v) is 1.83. The first-order chi connectivity index (χ1) is 4.24. The quantitative estimate of drug-likeness (QED) is 0.458. The molecule has 1 rings (SSSR count). The van der Waals surface area contributed by atoms with Crippen molar-refractivity contribution in [3.63, 3.8) is 0 Å². The average molecular weight is 125 g/mol. The summed E-state index contributed by atoms with van der Waals surface area (Å²) < 4.78 is 0. The van der Waals surface area contributed by atoms with E-state index in [2.05, 4.69) is 26.7 Å². The Morgan fingerprint density at radius 3 is 2.44 bits per heavy atom. The molecule has 0 spiro atoms. The monoisotopic (exact) mass is 125 g/mol. The lowest BCUT2D eigenvalue weighted by molar-refractivity contribution is 0.392. The minimum absolute atomic E-state index is 0.931. The zero-order chi connectivity index (χ0) is 6.85. The van der Waals surface area contributed by atoms with Gasteiger partial charge in [0, 0.05) is 6.54 Å². The first-order valence-corrected chi connectivity index (χ1v) is 3.92. The van der Waals surface area contributed by atoms with Gasteiger partial charge in [-0.2, -0.15) is 0 Å². The zero-order valence-electron chi connectivity index (χ0n) is 6.72. The van der Waals surface area contributed by atoms with Crippen molar-refractivity contribution < 1.29 is 0 Å². The van der Waals surface area contributed by atoms with Gasteiger partial charge in [0.1, 0.15) is 7.85 Å². The third-order valence-corrected chi connectivity index (χ3v) is 2.47. The topological polar surface area (TPSA) is 3.24 Å². The Balaban J connectivity index is 2.38. The van der Waals surface area contributed by atoms with Gasteiger partial charge in [-0.25, -0.2) is 0 Å². The largest absolute Gasteiger partial charge is 0.307 e. The molecular weight excluding hydrogens is 109 g/mol. The SMILES string of the molecule is BC1CN(C)CC1CC. The van der Waals surface area contributed by atoms with E-state index in [0.29, 0.717) is 0 Å². The van der Waals surface area contributed by atoms with Gasteiger partial charge in [-0.3, -0.25) is 0 Å². The smallest absolute Gasteiger partial charge is 0.107 e. The molecule has 2 heteroatoms. The summed E-state index contributed by atoms with van der Waals surface area (Å²) >= 11 is 0.